The molecule has 2 aromatic rings. The van der Waals surface area contributed by atoms with Crippen LogP contribution < -0.4 is 4.90 Å². The molecule has 0 amide bonds. The first-order valence-electron chi connectivity index (χ1n) is 8.48. The van der Waals surface area contributed by atoms with Crippen molar-refractivity contribution in [2.45, 2.75) is 37.9 Å². The first-order chi connectivity index (χ1) is 11.5. The monoisotopic (exact) mass is 342 g/mol. The summed E-state index contributed by atoms with van der Waals surface area (Å²) in [6, 6.07) is 3.91. The van der Waals surface area contributed by atoms with Gasteiger partial charge in [0.15, 0.2) is 5.82 Å². The minimum atomic E-state index is -0.778. The molecule has 0 N–H and O–H groups in total. The Kier molecular flexibility index (Phi) is 3.87. The number of rotatable bonds is 2. The largest absolute Gasteiger partial charge is 0.354 e. The summed E-state index contributed by atoms with van der Waals surface area (Å²) < 4.78 is 12.1. The van der Waals surface area contributed by atoms with Crippen LogP contribution in [0.1, 0.15) is 31.5 Å². The summed E-state index contributed by atoms with van der Waals surface area (Å²) >= 11 is 0. The number of aromatic nitrogens is 3. The standard InChI is InChI=1S/C18H22N4OS/c1-18(2)12-22(10-11-24(18)23)17-14-4-3-5-15(14)20-16(21-17)13-6-8-19-9-7-13/h6-9H,3-5,10-12H2,1-2H3/t24-/m0/s1. The van der Waals surface area contributed by atoms with E-state index in [1.807, 2.05) is 12.1 Å². The van der Waals surface area contributed by atoms with Gasteiger partial charge in [-0.1, -0.05) is 0 Å². The van der Waals surface area contributed by atoms with E-state index in [0.29, 0.717) is 5.75 Å². The van der Waals surface area contributed by atoms with E-state index in [0.717, 1.165) is 49.6 Å². The second-order valence-corrected chi connectivity index (χ2v) is 9.32. The van der Waals surface area contributed by atoms with Crippen molar-refractivity contribution in [3.63, 3.8) is 0 Å². The molecule has 6 heteroatoms. The Hall–Kier alpha value is -1.82. The van der Waals surface area contributed by atoms with Crippen LogP contribution in [0, 0.1) is 0 Å². The van der Waals surface area contributed by atoms with Gasteiger partial charge in [-0.05, 0) is 45.2 Å². The van der Waals surface area contributed by atoms with Crippen LogP contribution in [0.3, 0.4) is 0 Å². The molecule has 2 aromatic heterocycles. The second kappa shape index (κ2) is 5.92. The lowest BCUT2D eigenvalue weighted by Gasteiger charge is -2.38. The van der Waals surface area contributed by atoms with Gasteiger partial charge in [-0.2, -0.15) is 0 Å². The van der Waals surface area contributed by atoms with E-state index >= 15 is 0 Å². The quantitative estimate of drug-likeness (QED) is 0.839. The normalized spacial score (nSPS) is 22.4. The molecule has 5 nitrogen and oxygen atoms in total. The van der Waals surface area contributed by atoms with Gasteiger partial charge in [0.25, 0.3) is 0 Å². The third-order valence-electron chi connectivity index (χ3n) is 4.88. The minimum Gasteiger partial charge on any atom is -0.354 e. The number of hydrogen-bond donors (Lipinski definition) is 0. The number of anilines is 1. The fraction of sp³-hybridized carbons (Fsp3) is 0.500. The van der Waals surface area contributed by atoms with Crippen LogP contribution in [0.5, 0.6) is 0 Å². The van der Waals surface area contributed by atoms with Crippen molar-refractivity contribution >= 4 is 16.6 Å². The molecule has 0 bridgehead atoms. The van der Waals surface area contributed by atoms with E-state index < -0.39 is 10.8 Å². The predicted octanol–water partition coefficient (Wildman–Crippen LogP) is 2.37. The summed E-state index contributed by atoms with van der Waals surface area (Å²) in [5, 5.41) is 0. The molecule has 1 saturated heterocycles. The first-order valence-corrected chi connectivity index (χ1v) is 9.80. The van der Waals surface area contributed by atoms with Gasteiger partial charge in [0.1, 0.15) is 5.82 Å². The van der Waals surface area contributed by atoms with Gasteiger partial charge >= 0.3 is 0 Å². The van der Waals surface area contributed by atoms with Gasteiger partial charge < -0.3 is 4.90 Å². The Labute approximate surface area is 145 Å². The van der Waals surface area contributed by atoms with Gasteiger partial charge in [-0.15, -0.1) is 0 Å². The molecule has 24 heavy (non-hydrogen) atoms. The fourth-order valence-electron chi connectivity index (χ4n) is 3.57. The highest BCUT2D eigenvalue weighted by Gasteiger charge is 2.35. The van der Waals surface area contributed by atoms with Crippen molar-refractivity contribution in [3.8, 4) is 11.4 Å². The second-order valence-electron chi connectivity index (χ2n) is 7.12. The van der Waals surface area contributed by atoms with Gasteiger partial charge in [-0.25, -0.2) is 9.97 Å². The molecule has 0 saturated carbocycles. The Morgan fingerprint density at radius 2 is 1.96 bits per heavy atom. The maximum Gasteiger partial charge on any atom is 0.161 e. The Morgan fingerprint density at radius 3 is 2.71 bits per heavy atom. The SMILES string of the molecule is CC1(C)CN(c2nc(-c3ccncc3)nc3c2CCC3)CC[S@@]1=O. The maximum absolute atomic E-state index is 12.3. The van der Waals surface area contributed by atoms with Crippen LogP contribution in [0.25, 0.3) is 11.4 Å². The molecule has 0 spiro atoms. The summed E-state index contributed by atoms with van der Waals surface area (Å²) in [4.78, 5) is 16.1. The van der Waals surface area contributed by atoms with Crippen LogP contribution in [0.4, 0.5) is 5.82 Å². The van der Waals surface area contributed by atoms with Crippen LogP contribution in [-0.2, 0) is 23.6 Å². The summed E-state index contributed by atoms with van der Waals surface area (Å²) in [6.45, 7) is 5.75. The van der Waals surface area contributed by atoms with Crippen molar-refractivity contribution in [2.24, 2.45) is 0 Å². The molecule has 1 aliphatic heterocycles. The molecule has 126 valence electrons. The van der Waals surface area contributed by atoms with Gasteiger partial charge in [0, 0.05) is 58.9 Å². The Bertz CT molecular complexity index is 791. The average molecular weight is 342 g/mol. The molecule has 1 aliphatic carbocycles. The first kappa shape index (κ1) is 15.7. The Morgan fingerprint density at radius 1 is 1.17 bits per heavy atom. The zero-order valence-corrected chi connectivity index (χ0v) is 15.0. The zero-order valence-electron chi connectivity index (χ0n) is 14.2. The van der Waals surface area contributed by atoms with Gasteiger partial charge in [0.05, 0.1) is 4.75 Å². The molecular formula is C18H22N4OS. The van der Waals surface area contributed by atoms with E-state index in [1.54, 1.807) is 12.4 Å². The molecular weight excluding hydrogens is 320 g/mol. The van der Waals surface area contributed by atoms with Crippen molar-refractivity contribution in [2.75, 3.05) is 23.7 Å². The minimum absolute atomic E-state index is 0.203. The van der Waals surface area contributed by atoms with E-state index in [-0.39, 0.29) is 4.75 Å². The van der Waals surface area contributed by atoms with Crippen molar-refractivity contribution in [1.82, 2.24) is 15.0 Å². The summed E-state index contributed by atoms with van der Waals surface area (Å²) in [6.07, 6.45) is 6.75. The molecule has 1 fully saturated rings. The number of aryl methyl sites for hydroxylation is 1. The van der Waals surface area contributed by atoms with Crippen molar-refractivity contribution < 1.29 is 4.21 Å². The molecule has 4 rings (SSSR count). The Balaban J connectivity index is 1.78. The molecule has 3 heterocycles. The van der Waals surface area contributed by atoms with Crippen LogP contribution >= 0.6 is 0 Å². The van der Waals surface area contributed by atoms with Crippen LogP contribution in [0.2, 0.25) is 0 Å². The third-order valence-corrected chi connectivity index (χ3v) is 6.80. The highest BCUT2D eigenvalue weighted by atomic mass is 32.2. The molecule has 0 unspecified atom stereocenters. The fourth-order valence-corrected chi connectivity index (χ4v) is 4.80. The maximum atomic E-state index is 12.3. The molecule has 0 radical (unpaired) electrons. The third kappa shape index (κ3) is 2.73. The van der Waals surface area contributed by atoms with Crippen molar-refractivity contribution in [3.05, 3.63) is 35.8 Å². The van der Waals surface area contributed by atoms with Gasteiger partial charge in [-0.3, -0.25) is 9.19 Å². The van der Waals surface area contributed by atoms with Gasteiger partial charge in [0.2, 0.25) is 0 Å². The van der Waals surface area contributed by atoms with E-state index in [2.05, 4.69) is 23.7 Å². The lowest BCUT2D eigenvalue weighted by Crippen LogP contribution is -2.50. The highest BCUT2D eigenvalue weighted by molar-refractivity contribution is 7.86. The number of hydrogen-bond acceptors (Lipinski definition) is 5. The highest BCUT2D eigenvalue weighted by Crippen LogP contribution is 2.33. The topological polar surface area (TPSA) is 59.0 Å². The lowest BCUT2D eigenvalue weighted by atomic mass is 10.1. The number of fused-ring (bicyclic) bond motifs is 1. The molecule has 2 aliphatic rings. The zero-order chi connectivity index (χ0) is 16.7. The summed E-state index contributed by atoms with van der Waals surface area (Å²) in [5.74, 6) is 2.53. The number of nitrogens with zero attached hydrogens (tertiary/aromatic N) is 4. The van der Waals surface area contributed by atoms with Crippen LogP contribution in [0.15, 0.2) is 24.5 Å². The number of pyridine rings is 1. The van der Waals surface area contributed by atoms with E-state index in [1.165, 1.54) is 11.3 Å². The van der Waals surface area contributed by atoms with E-state index in [4.69, 9.17) is 9.97 Å². The predicted molar refractivity (Wildman–Crippen MR) is 96.6 cm³/mol. The van der Waals surface area contributed by atoms with Crippen molar-refractivity contribution in [1.29, 1.82) is 0 Å². The smallest absolute Gasteiger partial charge is 0.161 e. The van der Waals surface area contributed by atoms with Crippen LogP contribution in [-0.4, -0.2) is 42.8 Å². The molecule has 0 aromatic carbocycles. The average Bonchev–Trinajstić information content (AvgIpc) is 3.06. The lowest BCUT2D eigenvalue weighted by molar-refractivity contribution is 0.585. The molecule has 1 atom stereocenters. The summed E-state index contributed by atoms with van der Waals surface area (Å²) in [7, 11) is -0.778. The van der Waals surface area contributed by atoms with E-state index in [9.17, 15) is 4.21 Å². The summed E-state index contributed by atoms with van der Waals surface area (Å²) in [5.41, 5.74) is 3.47.